The van der Waals surface area contributed by atoms with Crippen LogP contribution in [0, 0.1) is 5.92 Å². The van der Waals surface area contributed by atoms with Gasteiger partial charge >= 0.3 is 0 Å². The molecule has 1 N–H and O–H groups in total. The van der Waals surface area contributed by atoms with E-state index in [2.05, 4.69) is 24.1 Å². The normalized spacial score (nSPS) is 35.6. The van der Waals surface area contributed by atoms with E-state index in [1.54, 1.807) is 0 Å². The van der Waals surface area contributed by atoms with Gasteiger partial charge in [0.1, 0.15) is 0 Å². The molecule has 0 saturated carbocycles. The first-order chi connectivity index (χ1) is 7.31. The number of ether oxygens (including phenoxy) is 1. The molecule has 0 aromatic rings. The van der Waals surface area contributed by atoms with Crippen molar-refractivity contribution in [2.45, 2.75) is 38.8 Å². The molecule has 2 aliphatic rings. The lowest BCUT2D eigenvalue weighted by atomic mass is 9.97. The highest BCUT2D eigenvalue weighted by Crippen LogP contribution is 2.22. The van der Waals surface area contributed by atoms with Crippen molar-refractivity contribution in [3.05, 3.63) is 0 Å². The first kappa shape index (κ1) is 11.4. The van der Waals surface area contributed by atoms with Gasteiger partial charge in [-0.15, -0.1) is 0 Å². The van der Waals surface area contributed by atoms with Crippen LogP contribution in [0.3, 0.4) is 0 Å². The molecular weight excluding hydrogens is 188 g/mol. The van der Waals surface area contributed by atoms with E-state index in [0.29, 0.717) is 12.1 Å². The van der Waals surface area contributed by atoms with E-state index in [9.17, 15) is 0 Å². The van der Waals surface area contributed by atoms with Crippen molar-refractivity contribution >= 4 is 0 Å². The van der Waals surface area contributed by atoms with Gasteiger partial charge in [-0.25, -0.2) is 0 Å². The van der Waals surface area contributed by atoms with Crippen molar-refractivity contribution in [1.82, 2.24) is 10.2 Å². The van der Waals surface area contributed by atoms with Gasteiger partial charge in [0.2, 0.25) is 0 Å². The fraction of sp³-hybridized carbons (Fsp3) is 1.00. The molecule has 88 valence electrons. The lowest BCUT2D eigenvalue weighted by Gasteiger charge is -2.39. The summed E-state index contributed by atoms with van der Waals surface area (Å²) in [6.45, 7) is 10.2. The Kier molecular flexibility index (Phi) is 4.00. The SMILES string of the molecule is CCC1CN(C(C)C2CCOC2)CCN1. The molecule has 0 radical (unpaired) electrons. The fourth-order valence-corrected chi connectivity index (χ4v) is 2.73. The van der Waals surface area contributed by atoms with Crippen LogP contribution >= 0.6 is 0 Å². The maximum atomic E-state index is 5.48. The number of nitrogens with zero attached hydrogens (tertiary/aromatic N) is 1. The van der Waals surface area contributed by atoms with E-state index in [1.807, 2.05) is 0 Å². The van der Waals surface area contributed by atoms with E-state index in [0.717, 1.165) is 25.7 Å². The second kappa shape index (κ2) is 5.28. The molecule has 3 heteroatoms. The first-order valence-corrected chi connectivity index (χ1v) is 6.36. The van der Waals surface area contributed by atoms with Crippen molar-refractivity contribution in [1.29, 1.82) is 0 Å². The average molecular weight is 212 g/mol. The third-order valence-corrected chi connectivity index (χ3v) is 4.00. The monoisotopic (exact) mass is 212 g/mol. The molecular formula is C12H24N2O. The standard InChI is InChI=1S/C12H24N2O/c1-3-12-8-14(6-5-13-12)10(2)11-4-7-15-9-11/h10-13H,3-9H2,1-2H3. The highest BCUT2D eigenvalue weighted by Gasteiger charge is 2.29. The topological polar surface area (TPSA) is 24.5 Å². The van der Waals surface area contributed by atoms with Gasteiger partial charge in [-0.05, 0) is 25.7 Å². The van der Waals surface area contributed by atoms with Crippen LogP contribution < -0.4 is 5.32 Å². The van der Waals surface area contributed by atoms with Crippen molar-refractivity contribution in [3.8, 4) is 0 Å². The Morgan fingerprint density at radius 2 is 2.40 bits per heavy atom. The highest BCUT2D eigenvalue weighted by molar-refractivity contribution is 4.85. The van der Waals surface area contributed by atoms with Crippen molar-refractivity contribution in [2.24, 2.45) is 5.92 Å². The van der Waals surface area contributed by atoms with Crippen LogP contribution in [-0.4, -0.2) is 49.8 Å². The second-order valence-electron chi connectivity index (χ2n) is 4.92. The Bertz CT molecular complexity index is 192. The molecule has 0 aromatic heterocycles. The quantitative estimate of drug-likeness (QED) is 0.758. The molecule has 0 aromatic carbocycles. The number of nitrogens with one attached hydrogen (secondary N) is 1. The zero-order valence-electron chi connectivity index (χ0n) is 10.0. The van der Waals surface area contributed by atoms with Gasteiger partial charge in [0.15, 0.2) is 0 Å². The molecule has 2 heterocycles. The summed E-state index contributed by atoms with van der Waals surface area (Å²) in [5.41, 5.74) is 0. The molecule has 2 aliphatic heterocycles. The summed E-state index contributed by atoms with van der Waals surface area (Å²) in [6.07, 6.45) is 2.49. The van der Waals surface area contributed by atoms with Crippen LogP contribution in [0.5, 0.6) is 0 Å². The van der Waals surface area contributed by atoms with Gasteiger partial charge < -0.3 is 10.1 Å². The highest BCUT2D eigenvalue weighted by atomic mass is 16.5. The Balaban J connectivity index is 1.85. The van der Waals surface area contributed by atoms with E-state index >= 15 is 0 Å². The van der Waals surface area contributed by atoms with Crippen molar-refractivity contribution in [2.75, 3.05) is 32.8 Å². The molecule has 2 rings (SSSR count). The van der Waals surface area contributed by atoms with Crippen LogP contribution in [-0.2, 0) is 4.74 Å². The molecule has 3 nitrogen and oxygen atoms in total. The summed E-state index contributed by atoms with van der Waals surface area (Å²) in [5.74, 6) is 0.764. The van der Waals surface area contributed by atoms with Crippen molar-refractivity contribution < 1.29 is 4.74 Å². The molecule has 15 heavy (non-hydrogen) atoms. The predicted octanol–water partition coefficient (Wildman–Crippen LogP) is 1.10. The zero-order valence-corrected chi connectivity index (χ0v) is 10.0. The third kappa shape index (κ3) is 2.71. The average Bonchev–Trinajstić information content (AvgIpc) is 2.81. The first-order valence-electron chi connectivity index (χ1n) is 6.36. The minimum absolute atomic E-state index is 0.698. The maximum Gasteiger partial charge on any atom is 0.0509 e. The summed E-state index contributed by atoms with van der Waals surface area (Å²) in [4.78, 5) is 2.64. The van der Waals surface area contributed by atoms with Crippen LogP contribution in [0.25, 0.3) is 0 Å². The van der Waals surface area contributed by atoms with Gasteiger partial charge in [0.05, 0.1) is 6.61 Å². The summed E-state index contributed by atoms with van der Waals surface area (Å²) < 4.78 is 5.48. The second-order valence-corrected chi connectivity index (χ2v) is 4.92. The Labute approximate surface area is 93.2 Å². The van der Waals surface area contributed by atoms with E-state index in [1.165, 1.54) is 25.9 Å². The Hall–Kier alpha value is -0.120. The van der Waals surface area contributed by atoms with Crippen molar-refractivity contribution in [3.63, 3.8) is 0 Å². The molecule has 0 amide bonds. The van der Waals surface area contributed by atoms with Crippen LogP contribution in [0.1, 0.15) is 26.7 Å². The maximum absolute atomic E-state index is 5.48. The largest absolute Gasteiger partial charge is 0.381 e. The molecule has 0 aliphatic carbocycles. The van der Waals surface area contributed by atoms with E-state index in [-0.39, 0.29) is 0 Å². The van der Waals surface area contributed by atoms with E-state index in [4.69, 9.17) is 4.74 Å². The molecule has 3 unspecified atom stereocenters. The van der Waals surface area contributed by atoms with Gasteiger partial charge in [0, 0.05) is 38.3 Å². The molecule has 3 atom stereocenters. The molecule has 0 bridgehead atoms. The van der Waals surface area contributed by atoms with Gasteiger partial charge in [-0.3, -0.25) is 4.90 Å². The lowest BCUT2D eigenvalue weighted by Crippen LogP contribution is -2.54. The van der Waals surface area contributed by atoms with E-state index < -0.39 is 0 Å². The molecule has 2 fully saturated rings. The summed E-state index contributed by atoms with van der Waals surface area (Å²) in [7, 11) is 0. The van der Waals surface area contributed by atoms with Gasteiger partial charge in [-0.2, -0.15) is 0 Å². The Morgan fingerprint density at radius 3 is 3.07 bits per heavy atom. The third-order valence-electron chi connectivity index (χ3n) is 4.00. The van der Waals surface area contributed by atoms with Gasteiger partial charge in [-0.1, -0.05) is 6.92 Å². The lowest BCUT2D eigenvalue weighted by molar-refractivity contribution is 0.0994. The summed E-state index contributed by atoms with van der Waals surface area (Å²) >= 11 is 0. The zero-order chi connectivity index (χ0) is 10.7. The predicted molar refractivity (Wildman–Crippen MR) is 62.0 cm³/mol. The molecule has 0 spiro atoms. The number of hydrogen-bond donors (Lipinski definition) is 1. The fourth-order valence-electron chi connectivity index (χ4n) is 2.73. The van der Waals surface area contributed by atoms with Gasteiger partial charge in [0.25, 0.3) is 0 Å². The number of hydrogen-bond acceptors (Lipinski definition) is 3. The minimum Gasteiger partial charge on any atom is -0.381 e. The van der Waals surface area contributed by atoms with Crippen LogP contribution in [0.15, 0.2) is 0 Å². The van der Waals surface area contributed by atoms with Crippen LogP contribution in [0.4, 0.5) is 0 Å². The number of rotatable bonds is 3. The minimum atomic E-state index is 0.698. The Morgan fingerprint density at radius 1 is 1.53 bits per heavy atom. The summed E-state index contributed by atoms with van der Waals surface area (Å²) in [6, 6.07) is 1.40. The van der Waals surface area contributed by atoms with Crippen LogP contribution in [0.2, 0.25) is 0 Å². The summed E-state index contributed by atoms with van der Waals surface area (Å²) in [5, 5.41) is 3.57. The smallest absolute Gasteiger partial charge is 0.0509 e. The number of piperazine rings is 1. The molecule has 2 saturated heterocycles.